The lowest BCUT2D eigenvalue weighted by Gasteiger charge is -2.23. The van der Waals surface area contributed by atoms with Crippen molar-refractivity contribution in [2.75, 3.05) is 6.54 Å². The number of nitrogens with one attached hydrogen (secondary N) is 1. The summed E-state index contributed by atoms with van der Waals surface area (Å²) >= 11 is 0. The highest BCUT2D eigenvalue weighted by molar-refractivity contribution is 5.26. The molecule has 0 heterocycles. The lowest BCUT2D eigenvalue weighted by molar-refractivity contribution is 0.397. The van der Waals surface area contributed by atoms with E-state index in [9.17, 15) is 0 Å². The van der Waals surface area contributed by atoms with E-state index in [1.54, 1.807) is 0 Å². The maximum atomic E-state index is 3.64. The number of rotatable bonds is 6. The van der Waals surface area contributed by atoms with Crippen LogP contribution in [0.4, 0.5) is 0 Å². The molecular weight excluding hydrogens is 194 g/mol. The van der Waals surface area contributed by atoms with Crippen LogP contribution >= 0.6 is 0 Å². The van der Waals surface area contributed by atoms with Gasteiger partial charge in [0.05, 0.1) is 0 Å². The Morgan fingerprint density at radius 2 is 1.88 bits per heavy atom. The molecule has 1 nitrogen and oxygen atoms in total. The van der Waals surface area contributed by atoms with Crippen molar-refractivity contribution in [3.8, 4) is 0 Å². The van der Waals surface area contributed by atoms with Gasteiger partial charge in [0, 0.05) is 6.04 Å². The van der Waals surface area contributed by atoms with Crippen LogP contribution in [0.3, 0.4) is 0 Å². The molecule has 1 heteroatoms. The van der Waals surface area contributed by atoms with Crippen molar-refractivity contribution < 1.29 is 0 Å². The van der Waals surface area contributed by atoms with E-state index in [2.05, 4.69) is 57.3 Å². The molecule has 0 fully saturated rings. The molecule has 0 aliphatic heterocycles. The molecule has 90 valence electrons. The lowest BCUT2D eigenvalue weighted by Crippen LogP contribution is -2.36. The molecule has 1 aromatic rings. The van der Waals surface area contributed by atoms with Crippen molar-refractivity contribution >= 4 is 0 Å². The van der Waals surface area contributed by atoms with Gasteiger partial charge in [0.25, 0.3) is 0 Å². The monoisotopic (exact) mass is 219 g/mol. The molecule has 1 atom stereocenters. The van der Waals surface area contributed by atoms with E-state index in [0.717, 1.165) is 13.0 Å². The Morgan fingerprint density at radius 3 is 2.44 bits per heavy atom. The molecule has 1 unspecified atom stereocenters. The predicted octanol–water partition coefficient (Wildman–Crippen LogP) is 3.56. The van der Waals surface area contributed by atoms with Gasteiger partial charge in [0.2, 0.25) is 0 Å². The molecule has 0 spiro atoms. The zero-order valence-corrected chi connectivity index (χ0v) is 11.1. The van der Waals surface area contributed by atoms with E-state index >= 15 is 0 Å². The molecule has 16 heavy (non-hydrogen) atoms. The SMILES string of the molecule is CCCNC(Cc1ccccc1C)C(C)C. The van der Waals surface area contributed by atoms with E-state index in [1.165, 1.54) is 17.5 Å². The van der Waals surface area contributed by atoms with E-state index in [1.807, 2.05) is 0 Å². The molecule has 0 bridgehead atoms. The molecule has 0 aliphatic carbocycles. The van der Waals surface area contributed by atoms with Crippen LogP contribution in [0.25, 0.3) is 0 Å². The third-order valence-electron chi connectivity index (χ3n) is 3.16. The molecule has 1 aromatic carbocycles. The van der Waals surface area contributed by atoms with Gasteiger partial charge in [-0.1, -0.05) is 45.0 Å². The summed E-state index contributed by atoms with van der Waals surface area (Å²) in [7, 11) is 0. The molecule has 0 amide bonds. The molecule has 1 N–H and O–H groups in total. The lowest BCUT2D eigenvalue weighted by atomic mass is 9.94. The van der Waals surface area contributed by atoms with E-state index in [0.29, 0.717) is 12.0 Å². The number of hydrogen-bond acceptors (Lipinski definition) is 1. The highest BCUT2D eigenvalue weighted by atomic mass is 14.9. The maximum Gasteiger partial charge on any atom is 0.0131 e. The van der Waals surface area contributed by atoms with Gasteiger partial charge in [-0.2, -0.15) is 0 Å². The van der Waals surface area contributed by atoms with Crippen LogP contribution in [-0.2, 0) is 6.42 Å². The molecule has 0 saturated heterocycles. The average molecular weight is 219 g/mol. The van der Waals surface area contributed by atoms with Gasteiger partial charge in [0.15, 0.2) is 0 Å². The van der Waals surface area contributed by atoms with E-state index in [4.69, 9.17) is 0 Å². The van der Waals surface area contributed by atoms with E-state index in [-0.39, 0.29) is 0 Å². The summed E-state index contributed by atoms with van der Waals surface area (Å²) in [5.41, 5.74) is 2.89. The summed E-state index contributed by atoms with van der Waals surface area (Å²) < 4.78 is 0. The Balaban J connectivity index is 2.64. The molecule has 0 aromatic heterocycles. The fourth-order valence-corrected chi connectivity index (χ4v) is 1.95. The van der Waals surface area contributed by atoms with Gasteiger partial charge < -0.3 is 5.32 Å². The third-order valence-corrected chi connectivity index (χ3v) is 3.16. The van der Waals surface area contributed by atoms with Gasteiger partial charge in [-0.15, -0.1) is 0 Å². The van der Waals surface area contributed by atoms with Gasteiger partial charge in [-0.3, -0.25) is 0 Å². The molecule has 0 saturated carbocycles. The summed E-state index contributed by atoms with van der Waals surface area (Å²) in [6.07, 6.45) is 2.35. The normalized spacial score (nSPS) is 13.1. The highest BCUT2D eigenvalue weighted by Crippen LogP contribution is 2.14. The first-order chi connectivity index (χ1) is 7.65. The van der Waals surface area contributed by atoms with Crippen molar-refractivity contribution in [3.05, 3.63) is 35.4 Å². The average Bonchev–Trinajstić information content (AvgIpc) is 2.26. The predicted molar refractivity (Wildman–Crippen MR) is 71.8 cm³/mol. The largest absolute Gasteiger partial charge is 0.313 e. The second-order valence-corrected chi connectivity index (χ2v) is 4.94. The van der Waals surface area contributed by atoms with Gasteiger partial charge >= 0.3 is 0 Å². The summed E-state index contributed by atoms with van der Waals surface area (Å²) in [6, 6.07) is 9.30. The van der Waals surface area contributed by atoms with Crippen LogP contribution in [0.1, 0.15) is 38.3 Å². The molecule has 0 radical (unpaired) electrons. The van der Waals surface area contributed by atoms with Crippen molar-refractivity contribution in [2.45, 2.75) is 46.6 Å². The van der Waals surface area contributed by atoms with Crippen LogP contribution in [0, 0.1) is 12.8 Å². The second kappa shape index (κ2) is 6.70. The van der Waals surface area contributed by atoms with Crippen molar-refractivity contribution in [2.24, 2.45) is 5.92 Å². The van der Waals surface area contributed by atoms with Crippen molar-refractivity contribution in [1.82, 2.24) is 5.32 Å². The Hall–Kier alpha value is -0.820. The first-order valence-electron chi connectivity index (χ1n) is 6.43. The Labute approximate surface area is 100 Å². The maximum absolute atomic E-state index is 3.64. The van der Waals surface area contributed by atoms with E-state index < -0.39 is 0 Å². The van der Waals surface area contributed by atoms with Crippen LogP contribution in [0.5, 0.6) is 0 Å². The summed E-state index contributed by atoms with van der Waals surface area (Å²) in [5, 5.41) is 3.64. The van der Waals surface area contributed by atoms with Crippen LogP contribution in [0.2, 0.25) is 0 Å². The number of hydrogen-bond donors (Lipinski definition) is 1. The Bertz CT molecular complexity index is 304. The standard InChI is InChI=1S/C15H25N/c1-5-10-16-15(12(2)3)11-14-9-7-6-8-13(14)4/h6-9,12,15-16H,5,10-11H2,1-4H3. The minimum absolute atomic E-state index is 0.598. The van der Waals surface area contributed by atoms with Crippen molar-refractivity contribution in [1.29, 1.82) is 0 Å². The molecule has 1 rings (SSSR count). The topological polar surface area (TPSA) is 12.0 Å². The van der Waals surface area contributed by atoms with Crippen LogP contribution < -0.4 is 5.32 Å². The molecule has 0 aliphatic rings. The third kappa shape index (κ3) is 3.97. The minimum atomic E-state index is 0.598. The fraction of sp³-hybridized carbons (Fsp3) is 0.600. The number of aryl methyl sites for hydroxylation is 1. The zero-order chi connectivity index (χ0) is 12.0. The fourth-order valence-electron chi connectivity index (χ4n) is 1.95. The summed E-state index contributed by atoms with van der Waals surface area (Å²) in [5.74, 6) is 0.686. The van der Waals surface area contributed by atoms with Crippen molar-refractivity contribution in [3.63, 3.8) is 0 Å². The summed E-state index contributed by atoms with van der Waals surface area (Å²) in [6.45, 7) is 10.1. The second-order valence-electron chi connectivity index (χ2n) is 4.94. The first kappa shape index (κ1) is 13.2. The Kier molecular flexibility index (Phi) is 5.54. The van der Waals surface area contributed by atoms with Gasteiger partial charge in [-0.25, -0.2) is 0 Å². The minimum Gasteiger partial charge on any atom is -0.313 e. The van der Waals surface area contributed by atoms with Crippen LogP contribution in [-0.4, -0.2) is 12.6 Å². The smallest absolute Gasteiger partial charge is 0.0131 e. The summed E-state index contributed by atoms with van der Waals surface area (Å²) in [4.78, 5) is 0. The van der Waals surface area contributed by atoms with Crippen LogP contribution in [0.15, 0.2) is 24.3 Å². The highest BCUT2D eigenvalue weighted by Gasteiger charge is 2.13. The number of benzene rings is 1. The molecular formula is C15H25N. The Morgan fingerprint density at radius 1 is 1.19 bits per heavy atom. The quantitative estimate of drug-likeness (QED) is 0.771. The van der Waals surface area contributed by atoms with Gasteiger partial charge in [0.1, 0.15) is 0 Å². The first-order valence-corrected chi connectivity index (χ1v) is 6.43. The zero-order valence-electron chi connectivity index (χ0n) is 11.1. The van der Waals surface area contributed by atoms with Gasteiger partial charge in [-0.05, 0) is 43.4 Å².